The van der Waals surface area contributed by atoms with Crippen molar-refractivity contribution >= 4 is 47.2 Å². The van der Waals surface area contributed by atoms with Crippen molar-refractivity contribution < 1.29 is 9.72 Å². The average molecular weight is 421 g/mol. The van der Waals surface area contributed by atoms with E-state index < -0.39 is 4.92 Å². The van der Waals surface area contributed by atoms with E-state index in [0.717, 1.165) is 6.54 Å². The van der Waals surface area contributed by atoms with Crippen LogP contribution in [0.5, 0.6) is 0 Å². The Kier molecular flexibility index (Phi) is 6.46. The van der Waals surface area contributed by atoms with Crippen LogP contribution in [0.25, 0.3) is 5.69 Å². The summed E-state index contributed by atoms with van der Waals surface area (Å²) in [7, 11) is 0. The van der Waals surface area contributed by atoms with Crippen LogP contribution in [0.15, 0.2) is 24.4 Å². The predicted octanol–water partition coefficient (Wildman–Crippen LogP) is 2.94. The van der Waals surface area contributed by atoms with Gasteiger partial charge in [-0.25, -0.2) is 4.68 Å². The molecule has 140 valence electrons. The van der Waals surface area contributed by atoms with E-state index in [0.29, 0.717) is 18.8 Å². The number of nitrogens with zero attached hydrogens (tertiary/aromatic N) is 4. The number of hydrogen-bond acceptors (Lipinski definition) is 5. The van der Waals surface area contributed by atoms with Gasteiger partial charge in [0, 0.05) is 44.0 Å². The maximum atomic E-state index is 12.6. The van der Waals surface area contributed by atoms with Crippen molar-refractivity contribution in [2.45, 2.75) is 13.0 Å². The minimum Gasteiger partial charge on any atom is -0.334 e. The van der Waals surface area contributed by atoms with Gasteiger partial charge in [-0.05, 0) is 13.0 Å². The zero-order valence-electron chi connectivity index (χ0n) is 13.7. The minimum absolute atomic E-state index is 0. The van der Waals surface area contributed by atoms with E-state index in [-0.39, 0.29) is 45.8 Å². The molecule has 11 heteroatoms. The van der Waals surface area contributed by atoms with Crippen LogP contribution in [0.2, 0.25) is 10.0 Å². The molecule has 1 N–H and O–H groups in total. The fraction of sp³-hybridized carbons (Fsp3) is 0.333. The lowest BCUT2D eigenvalue weighted by Crippen LogP contribution is -2.51. The van der Waals surface area contributed by atoms with Gasteiger partial charge in [-0.2, -0.15) is 5.10 Å². The van der Waals surface area contributed by atoms with Gasteiger partial charge in [0.05, 0.1) is 15.0 Å². The van der Waals surface area contributed by atoms with Crippen LogP contribution in [0.3, 0.4) is 0 Å². The smallest absolute Gasteiger partial charge is 0.274 e. The molecule has 1 fully saturated rings. The summed E-state index contributed by atoms with van der Waals surface area (Å²) in [6.07, 6.45) is 1.55. The van der Waals surface area contributed by atoms with Gasteiger partial charge in [0.15, 0.2) is 5.69 Å². The summed E-state index contributed by atoms with van der Waals surface area (Å²) in [6.45, 7) is 3.95. The van der Waals surface area contributed by atoms with Gasteiger partial charge in [-0.3, -0.25) is 14.9 Å². The highest BCUT2D eigenvalue weighted by atomic mass is 35.5. The number of carbonyl (C=O) groups is 1. The molecule has 2 heterocycles. The molecule has 3 rings (SSSR count). The van der Waals surface area contributed by atoms with Crippen molar-refractivity contribution in [3.05, 3.63) is 50.2 Å². The Balaban J connectivity index is 0.00000243. The van der Waals surface area contributed by atoms with E-state index in [1.807, 2.05) is 6.92 Å². The predicted molar refractivity (Wildman–Crippen MR) is 101 cm³/mol. The lowest BCUT2D eigenvalue weighted by Gasteiger charge is -2.31. The highest BCUT2D eigenvalue weighted by molar-refractivity contribution is 6.38. The van der Waals surface area contributed by atoms with E-state index in [1.165, 1.54) is 16.8 Å². The van der Waals surface area contributed by atoms with Gasteiger partial charge in [-0.1, -0.05) is 23.2 Å². The Bertz CT molecular complexity index is 819. The Morgan fingerprint density at radius 2 is 2.04 bits per heavy atom. The summed E-state index contributed by atoms with van der Waals surface area (Å²) in [5.74, 6) is -0.179. The van der Waals surface area contributed by atoms with Crippen LogP contribution in [0, 0.1) is 10.1 Å². The summed E-state index contributed by atoms with van der Waals surface area (Å²) in [5.41, 5.74) is 0.346. The molecule has 2 aromatic rings. The Labute approximate surface area is 165 Å². The third-order valence-electron chi connectivity index (χ3n) is 3.91. The molecule has 1 atom stereocenters. The monoisotopic (exact) mass is 419 g/mol. The summed E-state index contributed by atoms with van der Waals surface area (Å²) in [4.78, 5) is 24.6. The van der Waals surface area contributed by atoms with Crippen molar-refractivity contribution in [2.75, 3.05) is 19.6 Å². The number of nitrogens with one attached hydrogen (secondary N) is 1. The Hall–Kier alpha value is -1.87. The number of hydrogen-bond donors (Lipinski definition) is 1. The lowest BCUT2D eigenvalue weighted by molar-refractivity contribution is -0.384. The number of amides is 1. The summed E-state index contributed by atoms with van der Waals surface area (Å²) in [6, 6.07) is 4.19. The first kappa shape index (κ1) is 20.4. The molecule has 1 aromatic carbocycles. The standard InChI is InChI=1S/C15H15Cl2N5O3.ClH/c1-9-8-20(5-3-18-9)15(23)13-2-4-21(19-13)14-11(16)6-10(22(24)25)7-12(14)17;/h2,4,6-7,9,18H,3,5,8H2,1H3;1H. The topological polar surface area (TPSA) is 93.3 Å². The highest BCUT2D eigenvalue weighted by Gasteiger charge is 2.24. The number of non-ortho nitro benzene ring substituents is 1. The Morgan fingerprint density at radius 3 is 2.62 bits per heavy atom. The number of rotatable bonds is 3. The zero-order valence-corrected chi connectivity index (χ0v) is 16.0. The fourth-order valence-corrected chi connectivity index (χ4v) is 3.37. The maximum absolute atomic E-state index is 12.6. The maximum Gasteiger partial charge on any atom is 0.274 e. The molecular formula is C15H16Cl3N5O3. The van der Waals surface area contributed by atoms with E-state index in [1.54, 1.807) is 17.2 Å². The van der Waals surface area contributed by atoms with Gasteiger partial charge in [0.2, 0.25) is 0 Å². The molecule has 0 saturated carbocycles. The fourth-order valence-electron chi connectivity index (χ4n) is 2.72. The lowest BCUT2D eigenvalue weighted by atomic mass is 10.2. The van der Waals surface area contributed by atoms with E-state index >= 15 is 0 Å². The molecular weight excluding hydrogens is 405 g/mol. The first-order valence-corrected chi connectivity index (χ1v) is 8.34. The normalized spacial score (nSPS) is 16.9. The average Bonchev–Trinajstić information content (AvgIpc) is 3.03. The molecule has 26 heavy (non-hydrogen) atoms. The Morgan fingerprint density at radius 1 is 1.38 bits per heavy atom. The molecule has 0 radical (unpaired) electrons. The van der Waals surface area contributed by atoms with Gasteiger partial charge in [0.25, 0.3) is 11.6 Å². The molecule has 1 amide bonds. The molecule has 1 aliphatic heterocycles. The van der Waals surface area contributed by atoms with Crippen molar-refractivity contribution in [3.63, 3.8) is 0 Å². The number of halogens is 3. The molecule has 1 saturated heterocycles. The van der Waals surface area contributed by atoms with E-state index in [9.17, 15) is 14.9 Å². The van der Waals surface area contributed by atoms with Crippen LogP contribution in [0.4, 0.5) is 5.69 Å². The van der Waals surface area contributed by atoms with Gasteiger partial charge >= 0.3 is 0 Å². The van der Waals surface area contributed by atoms with Crippen LogP contribution < -0.4 is 5.32 Å². The third-order valence-corrected chi connectivity index (χ3v) is 4.48. The quantitative estimate of drug-likeness (QED) is 0.609. The minimum atomic E-state index is -0.578. The van der Waals surface area contributed by atoms with Crippen LogP contribution >= 0.6 is 35.6 Å². The first-order valence-electron chi connectivity index (χ1n) is 7.59. The largest absolute Gasteiger partial charge is 0.334 e. The van der Waals surface area contributed by atoms with Crippen molar-refractivity contribution in [3.8, 4) is 5.69 Å². The molecule has 1 unspecified atom stereocenters. The van der Waals surface area contributed by atoms with Crippen LogP contribution in [-0.2, 0) is 0 Å². The third kappa shape index (κ3) is 4.09. The number of carbonyl (C=O) groups excluding carboxylic acids is 1. The number of piperazine rings is 1. The second kappa shape index (κ2) is 8.22. The molecule has 0 bridgehead atoms. The molecule has 1 aliphatic rings. The zero-order chi connectivity index (χ0) is 18.1. The van der Waals surface area contributed by atoms with Crippen LogP contribution in [0.1, 0.15) is 17.4 Å². The van der Waals surface area contributed by atoms with Crippen LogP contribution in [-0.4, -0.2) is 51.2 Å². The molecule has 1 aromatic heterocycles. The number of benzene rings is 1. The van der Waals surface area contributed by atoms with Crippen molar-refractivity contribution in [2.24, 2.45) is 0 Å². The van der Waals surface area contributed by atoms with Gasteiger partial charge < -0.3 is 10.2 Å². The first-order chi connectivity index (χ1) is 11.9. The molecule has 0 spiro atoms. The molecule has 8 nitrogen and oxygen atoms in total. The van der Waals surface area contributed by atoms with Crippen molar-refractivity contribution in [1.82, 2.24) is 20.0 Å². The van der Waals surface area contributed by atoms with Gasteiger partial charge in [0.1, 0.15) is 5.69 Å². The summed E-state index contributed by atoms with van der Waals surface area (Å²) < 4.78 is 1.35. The highest BCUT2D eigenvalue weighted by Crippen LogP contribution is 2.32. The number of nitro benzene ring substituents is 1. The van der Waals surface area contributed by atoms with E-state index in [4.69, 9.17) is 23.2 Å². The van der Waals surface area contributed by atoms with E-state index in [2.05, 4.69) is 10.4 Å². The second-order valence-corrected chi connectivity index (χ2v) is 6.58. The van der Waals surface area contributed by atoms with Gasteiger partial charge in [-0.15, -0.1) is 12.4 Å². The second-order valence-electron chi connectivity index (χ2n) is 5.77. The summed E-state index contributed by atoms with van der Waals surface area (Å²) >= 11 is 12.2. The number of nitro groups is 1. The SMILES string of the molecule is CC1CN(C(=O)c2ccn(-c3c(Cl)cc([N+](=O)[O-])cc3Cl)n2)CCN1.Cl. The van der Waals surface area contributed by atoms with Crippen molar-refractivity contribution in [1.29, 1.82) is 0 Å². The number of aromatic nitrogens is 2. The molecule has 0 aliphatic carbocycles. The summed E-state index contributed by atoms with van der Waals surface area (Å²) in [5, 5.41) is 18.5.